The minimum absolute atomic E-state index is 0.254. The highest BCUT2D eigenvalue weighted by Crippen LogP contribution is 2.31. The highest BCUT2D eigenvalue weighted by Gasteiger charge is 2.24. The van der Waals surface area contributed by atoms with E-state index >= 15 is 0 Å². The molecule has 0 radical (unpaired) electrons. The van der Waals surface area contributed by atoms with Gasteiger partial charge in [-0.3, -0.25) is 0 Å². The number of hydrogen-bond donors (Lipinski definition) is 0. The van der Waals surface area contributed by atoms with Crippen LogP contribution < -0.4 is 0 Å². The quantitative estimate of drug-likeness (QED) is 0.433. The number of ether oxygens (including phenoxy) is 1. The first kappa shape index (κ1) is 18.7. The normalized spacial score (nSPS) is 27.0. The second kappa shape index (κ2) is 10.4. The van der Waals surface area contributed by atoms with Crippen molar-refractivity contribution in [1.29, 1.82) is 0 Å². The molecule has 21 heavy (non-hydrogen) atoms. The van der Waals surface area contributed by atoms with Gasteiger partial charge in [0.1, 0.15) is 0 Å². The smallest absolute Gasteiger partial charge is 0.0756 e. The molecule has 1 saturated carbocycles. The third-order valence-electron chi connectivity index (χ3n) is 5.72. The van der Waals surface area contributed by atoms with E-state index in [9.17, 15) is 0 Å². The molecule has 5 atom stereocenters. The molecule has 0 spiro atoms. The molecule has 0 aromatic heterocycles. The fourth-order valence-electron chi connectivity index (χ4n) is 3.76. The van der Waals surface area contributed by atoms with Crippen LogP contribution in [0.15, 0.2) is 12.7 Å². The van der Waals surface area contributed by atoms with Gasteiger partial charge in [-0.25, -0.2) is 0 Å². The molecule has 0 amide bonds. The molecule has 1 aliphatic rings. The number of rotatable bonds is 10. The van der Waals surface area contributed by atoms with Crippen molar-refractivity contribution in [3.8, 4) is 0 Å². The fraction of sp³-hybridized carbons (Fsp3) is 0.900. The maximum atomic E-state index is 6.25. The highest BCUT2D eigenvalue weighted by molar-refractivity contribution is 4.84. The molecule has 1 nitrogen and oxygen atoms in total. The van der Waals surface area contributed by atoms with Crippen LogP contribution >= 0.6 is 0 Å². The van der Waals surface area contributed by atoms with Gasteiger partial charge in [-0.1, -0.05) is 72.3 Å². The maximum Gasteiger partial charge on any atom is 0.0756 e. The van der Waals surface area contributed by atoms with Crippen molar-refractivity contribution in [3.05, 3.63) is 12.7 Å². The summed E-state index contributed by atoms with van der Waals surface area (Å²) >= 11 is 0. The monoisotopic (exact) mass is 294 g/mol. The molecular weight excluding hydrogens is 256 g/mol. The summed E-state index contributed by atoms with van der Waals surface area (Å²) in [4.78, 5) is 0. The molecule has 0 saturated heterocycles. The predicted molar refractivity (Wildman–Crippen MR) is 93.5 cm³/mol. The first-order valence-electron chi connectivity index (χ1n) is 9.36. The van der Waals surface area contributed by atoms with Crippen LogP contribution in [0.25, 0.3) is 0 Å². The first-order valence-corrected chi connectivity index (χ1v) is 9.36. The minimum atomic E-state index is 0.254. The van der Waals surface area contributed by atoms with Crippen molar-refractivity contribution < 1.29 is 4.74 Å². The van der Waals surface area contributed by atoms with E-state index < -0.39 is 0 Å². The maximum absolute atomic E-state index is 6.25. The molecular formula is C20H38O. The molecule has 1 rings (SSSR count). The summed E-state index contributed by atoms with van der Waals surface area (Å²) in [5.74, 6) is 3.19. The third kappa shape index (κ3) is 6.55. The van der Waals surface area contributed by atoms with E-state index in [1.807, 2.05) is 6.08 Å². The van der Waals surface area contributed by atoms with Crippen molar-refractivity contribution in [2.24, 2.45) is 23.7 Å². The average molecular weight is 295 g/mol. The van der Waals surface area contributed by atoms with Crippen molar-refractivity contribution in [1.82, 2.24) is 0 Å². The van der Waals surface area contributed by atoms with Crippen LogP contribution in [0.3, 0.4) is 0 Å². The molecule has 0 aromatic rings. The SMILES string of the molecule is C=CC(CC(CCC)[C@@H](C)CC)OCC1CCCCC1C. The summed E-state index contributed by atoms with van der Waals surface area (Å²) in [7, 11) is 0. The van der Waals surface area contributed by atoms with Gasteiger partial charge in [-0.15, -0.1) is 6.58 Å². The molecule has 124 valence electrons. The van der Waals surface area contributed by atoms with Gasteiger partial charge in [0, 0.05) is 0 Å². The van der Waals surface area contributed by atoms with E-state index in [2.05, 4.69) is 34.3 Å². The first-order chi connectivity index (χ1) is 10.1. The Morgan fingerprint density at radius 3 is 2.52 bits per heavy atom. The van der Waals surface area contributed by atoms with Crippen LogP contribution in [-0.2, 0) is 4.74 Å². The number of hydrogen-bond acceptors (Lipinski definition) is 1. The zero-order chi connectivity index (χ0) is 15.7. The van der Waals surface area contributed by atoms with Crippen LogP contribution in [0, 0.1) is 23.7 Å². The Hall–Kier alpha value is -0.300. The summed E-state index contributed by atoms with van der Waals surface area (Å²) in [5.41, 5.74) is 0. The van der Waals surface area contributed by atoms with Crippen molar-refractivity contribution in [3.63, 3.8) is 0 Å². The van der Waals surface area contributed by atoms with Crippen LogP contribution in [0.2, 0.25) is 0 Å². The Morgan fingerprint density at radius 1 is 1.24 bits per heavy atom. The molecule has 0 N–H and O–H groups in total. The standard InChI is InChI=1S/C20H38O/c1-6-11-18(16(4)7-2)14-20(8-3)21-15-19-13-10-9-12-17(19)5/h8,16-20H,3,6-7,9-15H2,1-2,4-5H3/t16-,17?,18?,19?,20?/m0/s1. The summed E-state index contributed by atoms with van der Waals surface area (Å²) in [6, 6.07) is 0. The van der Waals surface area contributed by atoms with E-state index in [1.165, 1.54) is 44.9 Å². The average Bonchev–Trinajstić information content (AvgIpc) is 2.51. The summed E-state index contributed by atoms with van der Waals surface area (Å²) in [6.07, 6.45) is 12.9. The summed E-state index contributed by atoms with van der Waals surface area (Å²) in [6.45, 7) is 14.4. The molecule has 0 heterocycles. The lowest BCUT2D eigenvalue weighted by Gasteiger charge is -2.31. The summed E-state index contributed by atoms with van der Waals surface area (Å²) < 4.78 is 6.25. The van der Waals surface area contributed by atoms with Gasteiger partial charge in [-0.05, 0) is 36.5 Å². The molecule has 1 fully saturated rings. The second-order valence-electron chi connectivity index (χ2n) is 7.30. The zero-order valence-corrected chi connectivity index (χ0v) is 14.9. The van der Waals surface area contributed by atoms with E-state index in [1.54, 1.807) is 0 Å². The van der Waals surface area contributed by atoms with Crippen molar-refractivity contribution in [2.45, 2.75) is 85.2 Å². The molecule has 1 heteroatoms. The molecule has 1 aliphatic carbocycles. The van der Waals surface area contributed by atoms with Gasteiger partial charge >= 0.3 is 0 Å². The Morgan fingerprint density at radius 2 is 1.95 bits per heavy atom. The zero-order valence-electron chi connectivity index (χ0n) is 14.9. The second-order valence-corrected chi connectivity index (χ2v) is 7.30. The van der Waals surface area contributed by atoms with Gasteiger partial charge in [0.2, 0.25) is 0 Å². The van der Waals surface area contributed by atoms with Crippen molar-refractivity contribution >= 4 is 0 Å². The fourth-order valence-corrected chi connectivity index (χ4v) is 3.76. The lowest BCUT2D eigenvalue weighted by Crippen LogP contribution is -2.26. The lowest BCUT2D eigenvalue weighted by molar-refractivity contribution is 0.0145. The van der Waals surface area contributed by atoms with Crippen LogP contribution in [0.4, 0.5) is 0 Å². The minimum Gasteiger partial charge on any atom is -0.374 e. The Kier molecular flexibility index (Phi) is 9.31. The Bertz CT molecular complexity index is 273. The third-order valence-corrected chi connectivity index (χ3v) is 5.72. The molecule has 0 aliphatic heterocycles. The lowest BCUT2D eigenvalue weighted by atomic mass is 9.81. The van der Waals surface area contributed by atoms with E-state index in [-0.39, 0.29) is 6.10 Å². The van der Waals surface area contributed by atoms with Gasteiger partial charge in [0.05, 0.1) is 12.7 Å². The van der Waals surface area contributed by atoms with Crippen LogP contribution in [-0.4, -0.2) is 12.7 Å². The van der Waals surface area contributed by atoms with Gasteiger partial charge in [-0.2, -0.15) is 0 Å². The van der Waals surface area contributed by atoms with Crippen LogP contribution in [0.1, 0.15) is 79.1 Å². The van der Waals surface area contributed by atoms with Crippen LogP contribution in [0.5, 0.6) is 0 Å². The summed E-state index contributed by atoms with van der Waals surface area (Å²) in [5, 5.41) is 0. The van der Waals surface area contributed by atoms with E-state index in [4.69, 9.17) is 4.74 Å². The predicted octanol–water partition coefficient (Wildman–Crippen LogP) is 6.24. The van der Waals surface area contributed by atoms with Gasteiger partial charge in [0.15, 0.2) is 0 Å². The molecule has 0 bridgehead atoms. The highest BCUT2D eigenvalue weighted by atomic mass is 16.5. The largest absolute Gasteiger partial charge is 0.374 e. The van der Waals surface area contributed by atoms with E-state index in [0.717, 1.165) is 36.7 Å². The van der Waals surface area contributed by atoms with Crippen molar-refractivity contribution in [2.75, 3.05) is 6.61 Å². The molecule has 4 unspecified atom stereocenters. The molecule has 0 aromatic carbocycles. The topological polar surface area (TPSA) is 9.23 Å². The van der Waals surface area contributed by atoms with Gasteiger partial charge < -0.3 is 4.74 Å². The Balaban J connectivity index is 2.43. The Labute approximate surface area is 133 Å². The van der Waals surface area contributed by atoms with Gasteiger partial charge in [0.25, 0.3) is 0 Å². The van der Waals surface area contributed by atoms with E-state index in [0.29, 0.717) is 0 Å².